The Hall–Kier alpha value is -1.73. The monoisotopic (exact) mass is 274 g/mol. The van der Waals surface area contributed by atoms with Crippen molar-refractivity contribution in [3.8, 4) is 0 Å². The van der Waals surface area contributed by atoms with E-state index in [1.54, 1.807) is 6.07 Å². The Morgan fingerprint density at radius 2 is 1.80 bits per heavy atom. The molecule has 0 aromatic heterocycles. The minimum Gasteiger partial charge on any atom is -0.399 e. The third kappa shape index (κ3) is 2.46. The summed E-state index contributed by atoms with van der Waals surface area (Å²) in [4.78, 5) is 0. The van der Waals surface area contributed by atoms with Gasteiger partial charge in [-0.05, 0) is 45.3 Å². The summed E-state index contributed by atoms with van der Waals surface area (Å²) in [7, 11) is -0.460. The zero-order valence-corrected chi connectivity index (χ0v) is 12.2. The second-order valence-corrected chi connectivity index (χ2v) is 5.76. The molecule has 0 saturated carbocycles. The maximum atomic E-state index is 7.23. The van der Waals surface area contributed by atoms with E-state index in [9.17, 15) is 0 Å². The second kappa shape index (κ2) is 4.99. The van der Waals surface area contributed by atoms with Gasteiger partial charge in [-0.1, -0.05) is 17.4 Å². The first-order valence-electron chi connectivity index (χ1n) is 6.43. The Morgan fingerprint density at radius 3 is 2.30 bits per heavy atom. The normalized spacial score (nSPS) is 19.7. The summed E-state index contributed by atoms with van der Waals surface area (Å²) in [6.07, 6.45) is 0.982. The molecule has 2 N–H and O–H groups in total. The first-order valence-corrected chi connectivity index (χ1v) is 6.43. The Balaban J connectivity index is 2.29. The van der Waals surface area contributed by atoms with Crippen LogP contribution in [0.25, 0.3) is 0 Å². The van der Waals surface area contributed by atoms with Crippen molar-refractivity contribution in [1.29, 1.82) is 10.9 Å². The standard InChI is InChI=1S/C13H19BN4O2/c1-12(2)13(3,4)20-14(19-12)10-6-5-7-11(8-10)18(9-15)17-16/h5-9,15-16H,1-4H3. The van der Waals surface area contributed by atoms with Crippen molar-refractivity contribution >= 4 is 24.6 Å². The minimum absolute atomic E-state index is 0.394. The maximum absolute atomic E-state index is 7.23. The van der Waals surface area contributed by atoms with Crippen LogP contribution in [0, 0.1) is 10.9 Å². The largest absolute Gasteiger partial charge is 0.494 e. The van der Waals surface area contributed by atoms with Crippen LogP contribution in [0.1, 0.15) is 27.7 Å². The second-order valence-electron chi connectivity index (χ2n) is 5.76. The summed E-state index contributed by atoms with van der Waals surface area (Å²) < 4.78 is 12.0. The molecule has 1 aliphatic heterocycles. The molecule has 0 radical (unpaired) electrons. The van der Waals surface area contributed by atoms with Crippen molar-refractivity contribution in [2.45, 2.75) is 38.9 Å². The molecule has 2 rings (SSSR count). The van der Waals surface area contributed by atoms with E-state index in [0.717, 1.165) is 16.8 Å². The molecule has 0 spiro atoms. The van der Waals surface area contributed by atoms with E-state index in [4.69, 9.17) is 20.2 Å². The molecule has 20 heavy (non-hydrogen) atoms. The van der Waals surface area contributed by atoms with Gasteiger partial charge in [0, 0.05) is 0 Å². The lowest BCUT2D eigenvalue weighted by Crippen LogP contribution is -2.41. The molecule has 0 bridgehead atoms. The van der Waals surface area contributed by atoms with Crippen LogP contribution in [0.3, 0.4) is 0 Å². The third-order valence-electron chi connectivity index (χ3n) is 3.89. The highest BCUT2D eigenvalue weighted by Crippen LogP contribution is 2.36. The van der Waals surface area contributed by atoms with E-state index >= 15 is 0 Å². The van der Waals surface area contributed by atoms with E-state index in [2.05, 4.69) is 5.22 Å². The number of hydrogen-bond acceptors (Lipinski definition) is 5. The molecule has 106 valence electrons. The van der Waals surface area contributed by atoms with Crippen molar-refractivity contribution in [3.63, 3.8) is 0 Å². The fraction of sp³-hybridized carbons (Fsp3) is 0.462. The molecule has 0 unspecified atom stereocenters. The van der Waals surface area contributed by atoms with Crippen LogP contribution in [-0.4, -0.2) is 24.7 Å². The fourth-order valence-electron chi connectivity index (χ4n) is 1.95. The van der Waals surface area contributed by atoms with E-state index in [0.29, 0.717) is 5.69 Å². The SMILES string of the molecule is CC1(C)OB(c2cccc(N(C=N)N=N)c2)OC1(C)C. The molecule has 1 fully saturated rings. The van der Waals surface area contributed by atoms with Gasteiger partial charge in [-0.25, -0.2) is 5.01 Å². The summed E-state index contributed by atoms with van der Waals surface area (Å²) in [5.74, 6) is 0. The molecule has 7 heteroatoms. The van der Waals surface area contributed by atoms with Crippen LogP contribution in [-0.2, 0) is 9.31 Å². The molecule has 6 nitrogen and oxygen atoms in total. The van der Waals surface area contributed by atoms with E-state index in [1.165, 1.54) is 0 Å². The first kappa shape index (κ1) is 14.7. The lowest BCUT2D eigenvalue weighted by molar-refractivity contribution is 0.00578. The van der Waals surface area contributed by atoms with Gasteiger partial charge in [0.1, 0.15) is 6.34 Å². The summed E-state index contributed by atoms with van der Waals surface area (Å²) in [5, 5.41) is 11.6. The zero-order chi connectivity index (χ0) is 15.0. The summed E-state index contributed by atoms with van der Waals surface area (Å²) >= 11 is 0. The summed E-state index contributed by atoms with van der Waals surface area (Å²) in [6.45, 7) is 8.00. The van der Waals surface area contributed by atoms with Crippen molar-refractivity contribution in [3.05, 3.63) is 24.3 Å². The quantitative estimate of drug-likeness (QED) is 0.291. The van der Waals surface area contributed by atoms with Crippen LogP contribution in [0.5, 0.6) is 0 Å². The van der Waals surface area contributed by atoms with Crippen molar-refractivity contribution in [2.24, 2.45) is 5.22 Å². The topological polar surface area (TPSA) is 81.8 Å². The number of nitrogens with zero attached hydrogens (tertiary/aromatic N) is 2. The average molecular weight is 274 g/mol. The third-order valence-corrected chi connectivity index (χ3v) is 3.89. The van der Waals surface area contributed by atoms with Crippen LogP contribution in [0.15, 0.2) is 29.5 Å². The van der Waals surface area contributed by atoms with Crippen LogP contribution >= 0.6 is 0 Å². The van der Waals surface area contributed by atoms with E-state index in [-0.39, 0.29) is 0 Å². The number of benzene rings is 1. The van der Waals surface area contributed by atoms with Gasteiger partial charge in [-0.3, -0.25) is 5.41 Å². The highest BCUT2D eigenvalue weighted by atomic mass is 16.7. The number of anilines is 1. The molecule has 0 aliphatic carbocycles. The summed E-state index contributed by atoms with van der Waals surface area (Å²) in [6, 6.07) is 7.32. The molecular weight excluding hydrogens is 255 g/mol. The number of rotatable bonds is 4. The highest BCUT2D eigenvalue weighted by Gasteiger charge is 2.51. The lowest BCUT2D eigenvalue weighted by Gasteiger charge is -2.32. The van der Waals surface area contributed by atoms with Gasteiger partial charge in [-0.15, -0.1) is 0 Å². The molecule has 1 aromatic rings. The summed E-state index contributed by atoms with van der Waals surface area (Å²) in [5.41, 5.74) is 7.72. The maximum Gasteiger partial charge on any atom is 0.494 e. The van der Waals surface area contributed by atoms with Crippen molar-refractivity contribution in [1.82, 2.24) is 0 Å². The Morgan fingerprint density at radius 1 is 1.20 bits per heavy atom. The van der Waals surface area contributed by atoms with Crippen LogP contribution in [0.4, 0.5) is 5.69 Å². The van der Waals surface area contributed by atoms with Gasteiger partial charge >= 0.3 is 7.12 Å². The molecule has 0 amide bonds. The molecule has 1 heterocycles. The number of nitrogens with one attached hydrogen (secondary N) is 2. The van der Waals surface area contributed by atoms with E-state index < -0.39 is 18.3 Å². The fourth-order valence-corrected chi connectivity index (χ4v) is 1.95. The van der Waals surface area contributed by atoms with Crippen molar-refractivity contribution in [2.75, 3.05) is 5.01 Å². The lowest BCUT2D eigenvalue weighted by atomic mass is 9.79. The predicted octanol–water partition coefficient (Wildman–Crippen LogP) is 2.35. The smallest absolute Gasteiger partial charge is 0.399 e. The Labute approximate surface area is 119 Å². The average Bonchev–Trinajstić information content (AvgIpc) is 2.60. The van der Waals surface area contributed by atoms with E-state index in [1.807, 2.05) is 45.9 Å². The zero-order valence-electron chi connectivity index (χ0n) is 12.2. The predicted molar refractivity (Wildman–Crippen MR) is 78.6 cm³/mol. The Kier molecular flexibility index (Phi) is 3.66. The molecule has 1 aromatic carbocycles. The number of hydrogen-bond donors (Lipinski definition) is 2. The molecular formula is C13H19BN4O2. The van der Waals surface area contributed by atoms with Crippen LogP contribution < -0.4 is 10.5 Å². The molecule has 1 aliphatic rings. The van der Waals surface area contributed by atoms with Gasteiger partial charge in [0.15, 0.2) is 0 Å². The van der Waals surface area contributed by atoms with Crippen molar-refractivity contribution < 1.29 is 9.31 Å². The minimum atomic E-state index is -0.460. The molecule has 0 atom stereocenters. The van der Waals surface area contributed by atoms with Gasteiger partial charge in [0.25, 0.3) is 0 Å². The van der Waals surface area contributed by atoms with Gasteiger partial charge < -0.3 is 9.31 Å². The van der Waals surface area contributed by atoms with Gasteiger partial charge in [0.05, 0.1) is 16.9 Å². The molecule has 1 saturated heterocycles. The van der Waals surface area contributed by atoms with Gasteiger partial charge in [0.2, 0.25) is 0 Å². The Bertz CT molecular complexity index is 509. The first-order chi connectivity index (χ1) is 9.30. The van der Waals surface area contributed by atoms with Crippen LogP contribution in [0.2, 0.25) is 0 Å². The highest BCUT2D eigenvalue weighted by molar-refractivity contribution is 6.62. The van der Waals surface area contributed by atoms with Gasteiger partial charge in [-0.2, -0.15) is 5.53 Å².